The van der Waals surface area contributed by atoms with Crippen LogP contribution in [-0.4, -0.2) is 32.8 Å². The van der Waals surface area contributed by atoms with Crippen LogP contribution in [0.15, 0.2) is 17.0 Å². The van der Waals surface area contributed by atoms with Crippen molar-refractivity contribution < 1.29 is 17.6 Å². The fraction of sp³-hybridized carbons (Fsp3) is 0.462. The largest absolute Gasteiger partial charge is 0.341 e. The molecule has 1 aromatic carbocycles. The molecule has 21 heavy (non-hydrogen) atoms. The number of nitrogens with zero attached hydrogens (tertiary/aromatic N) is 1. The molecule has 0 spiro atoms. The third-order valence-electron chi connectivity index (χ3n) is 2.57. The normalized spacial score (nSPS) is 12.3. The zero-order valence-corrected chi connectivity index (χ0v) is 14.4. The monoisotopic (exact) mass is 355 g/mol. The van der Waals surface area contributed by atoms with Gasteiger partial charge in [-0.25, -0.2) is 12.8 Å². The molecule has 0 atom stereocenters. The van der Waals surface area contributed by atoms with Crippen LogP contribution in [0.1, 0.15) is 31.1 Å². The van der Waals surface area contributed by atoms with Crippen LogP contribution in [0.4, 0.5) is 4.39 Å². The first-order valence-electron chi connectivity index (χ1n) is 6.02. The van der Waals surface area contributed by atoms with Crippen LogP contribution >= 0.6 is 22.3 Å². The summed E-state index contributed by atoms with van der Waals surface area (Å²) in [6, 6.07) is 1.64. The standard InChI is InChI=1S/C13H16Cl2FNO3S/c1-13(2,3)7-17(4)12(18)8-5-11(21(15,19)20)9(14)6-10(8)16/h5-6H,7H2,1-4H3. The van der Waals surface area contributed by atoms with Crippen LogP contribution in [0, 0.1) is 11.2 Å². The second-order valence-corrected chi connectivity index (χ2v) is 8.86. The highest BCUT2D eigenvalue weighted by Gasteiger charge is 2.25. The summed E-state index contributed by atoms with van der Waals surface area (Å²) in [5, 5.41) is -0.363. The molecule has 0 aliphatic heterocycles. The van der Waals surface area contributed by atoms with Gasteiger partial charge in [0.15, 0.2) is 0 Å². The Morgan fingerprint density at radius 3 is 2.29 bits per heavy atom. The summed E-state index contributed by atoms with van der Waals surface area (Å²) in [6.45, 7) is 6.13. The van der Waals surface area contributed by atoms with Gasteiger partial charge in [0, 0.05) is 24.3 Å². The van der Waals surface area contributed by atoms with Gasteiger partial charge in [-0.2, -0.15) is 0 Å². The van der Waals surface area contributed by atoms with Gasteiger partial charge in [-0.1, -0.05) is 32.4 Å². The Balaban J connectivity index is 3.28. The molecule has 1 rings (SSSR count). The van der Waals surface area contributed by atoms with E-state index in [9.17, 15) is 17.6 Å². The lowest BCUT2D eigenvalue weighted by molar-refractivity contribution is 0.0740. The molecule has 118 valence electrons. The molecule has 8 heteroatoms. The van der Waals surface area contributed by atoms with Gasteiger partial charge in [0.2, 0.25) is 0 Å². The van der Waals surface area contributed by atoms with Crippen molar-refractivity contribution in [3.05, 3.63) is 28.5 Å². The Labute approximate surface area is 133 Å². The predicted molar refractivity (Wildman–Crippen MR) is 80.9 cm³/mol. The predicted octanol–water partition coefficient (Wildman–Crippen LogP) is 3.52. The maximum Gasteiger partial charge on any atom is 0.262 e. The molecule has 0 aliphatic carbocycles. The Morgan fingerprint density at radius 1 is 1.33 bits per heavy atom. The molecular weight excluding hydrogens is 340 g/mol. The Hall–Kier alpha value is -0.850. The van der Waals surface area contributed by atoms with Crippen molar-refractivity contribution >= 4 is 37.2 Å². The van der Waals surface area contributed by atoms with Crippen LogP contribution < -0.4 is 0 Å². The number of carbonyl (C=O) groups is 1. The quantitative estimate of drug-likeness (QED) is 0.779. The van der Waals surface area contributed by atoms with Crippen molar-refractivity contribution in [1.82, 2.24) is 4.90 Å². The summed E-state index contributed by atoms with van der Waals surface area (Å²) in [5.74, 6) is -1.53. The van der Waals surface area contributed by atoms with Crippen LogP contribution in [-0.2, 0) is 9.05 Å². The molecular formula is C13H16Cl2FNO3S. The van der Waals surface area contributed by atoms with Crippen LogP contribution in [0.3, 0.4) is 0 Å². The van der Waals surface area contributed by atoms with Crippen molar-refractivity contribution in [2.45, 2.75) is 25.7 Å². The SMILES string of the molecule is CN(CC(C)(C)C)C(=O)c1cc(S(=O)(=O)Cl)c(Cl)cc1F. The van der Waals surface area contributed by atoms with Gasteiger partial charge in [-0.15, -0.1) is 0 Å². The highest BCUT2D eigenvalue weighted by Crippen LogP contribution is 2.28. The van der Waals surface area contributed by atoms with Crippen molar-refractivity contribution in [2.75, 3.05) is 13.6 Å². The molecule has 0 fully saturated rings. The van der Waals surface area contributed by atoms with E-state index in [2.05, 4.69) is 0 Å². The first-order valence-corrected chi connectivity index (χ1v) is 8.71. The smallest absolute Gasteiger partial charge is 0.262 e. The summed E-state index contributed by atoms with van der Waals surface area (Å²) in [6.07, 6.45) is 0. The lowest BCUT2D eigenvalue weighted by Crippen LogP contribution is -2.35. The number of carbonyl (C=O) groups excluding carboxylic acids is 1. The van der Waals surface area contributed by atoms with Crippen LogP contribution in [0.5, 0.6) is 0 Å². The van der Waals surface area contributed by atoms with E-state index in [4.69, 9.17) is 22.3 Å². The van der Waals surface area contributed by atoms with E-state index in [1.165, 1.54) is 11.9 Å². The maximum atomic E-state index is 13.9. The zero-order valence-electron chi connectivity index (χ0n) is 12.1. The third-order valence-corrected chi connectivity index (χ3v) is 4.36. The average Bonchev–Trinajstić information content (AvgIpc) is 2.23. The minimum Gasteiger partial charge on any atom is -0.341 e. The van der Waals surface area contributed by atoms with Crippen molar-refractivity contribution in [3.8, 4) is 0 Å². The van der Waals surface area contributed by atoms with Gasteiger partial charge in [-0.3, -0.25) is 4.79 Å². The minimum absolute atomic E-state index is 0.186. The zero-order chi connectivity index (χ0) is 16.6. The van der Waals surface area contributed by atoms with E-state index in [0.29, 0.717) is 6.54 Å². The van der Waals surface area contributed by atoms with E-state index in [0.717, 1.165) is 12.1 Å². The first-order chi connectivity index (χ1) is 9.33. The van der Waals surface area contributed by atoms with Gasteiger partial charge < -0.3 is 4.90 Å². The molecule has 0 radical (unpaired) electrons. The van der Waals surface area contributed by atoms with Gasteiger partial charge in [0.05, 0.1) is 10.6 Å². The van der Waals surface area contributed by atoms with Gasteiger partial charge in [-0.05, 0) is 17.5 Å². The molecule has 0 heterocycles. The molecule has 1 amide bonds. The summed E-state index contributed by atoms with van der Waals surface area (Å²) >= 11 is 5.65. The van der Waals surface area contributed by atoms with Gasteiger partial charge in [0.25, 0.3) is 15.0 Å². The number of benzene rings is 1. The molecule has 0 unspecified atom stereocenters. The number of halogens is 3. The van der Waals surface area contributed by atoms with Gasteiger partial charge in [0.1, 0.15) is 10.7 Å². The molecule has 4 nitrogen and oxygen atoms in total. The lowest BCUT2D eigenvalue weighted by atomic mass is 9.96. The molecule has 1 aromatic rings. The van der Waals surface area contributed by atoms with E-state index < -0.39 is 25.7 Å². The second-order valence-electron chi connectivity index (χ2n) is 5.92. The van der Waals surface area contributed by atoms with E-state index in [-0.39, 0.29) is 16.0 Å². The Kier molecular flexibility index (Phi) is 5.29. The highest BCUT2D eigenvalue weighted by molar-refractivity contribution is 8.13. The lowest BCUT2D eigenvalue weighted by Gasteiger charge is -2.26. The average molecular weight is 356 g/mol. The van der Waals surface area contributed by atoms with Crippen LogP contribution in [0.25, 0.3) is 0 Å². The molecule has 0 saturated carbocycles. The fourth-order valence-corrected chi connectivity index (χ4v) is 3.38. The number of hydrogen-bond acceptors (Lipinski definition) is 3. The number of rotatable bonds is 3. The molecule has 0 bridgehead atoms. The Morgan fingerprint density at radius 2 is 1.86 bits per heavy atom. The molecule has 0 aliphatic rings. The topological polar surface area (TPSA) is 54.5 Å². The van der Waals surface area contributed by atoms with E-state index in [1.807, 2.05) is 20.8 Å². The highest BCUT2D eigenvalue weighted by atomic mass is 35.7. The molecule has 0 saturated heterocycles. The maximum absolute atomic E-state index is 13.9. The second kappa shape index (κ2) is 6.10. The first kappa shape index (κ1) is 18.2. The summed E-state index contributed by atoms with van der Waals surface area (Å²) in [4.78, 5) is 13.1. The third kappa shape index (κ3) is 4.83. The number of hydrogen-bond donors (Lipinski definition) is 0. The van der Waals surface area contributed by atoms with Crippen molar-refractivity contribution in [1.29, 1.82) is 0 Å². The molecule has 0 N–H and O–H groups in total. The minimum atomic E-state index is -4.16. The Bertz CT molecular complexity index is 669. The fourth-order valence-electron chi connectivity index (χ4n) is 1.87. The van der Waals surface area contributed by atoms with E-state index in [1.54, 1.807) is 0 Å². The van der Waals surface area contributed by atoms with Crippen molar-refractivity contribution in [2.24, 2.45) is 5.41 Å². The van der Waals surface area contributed by atoms with Crippen molar-refractivity contribution in [3.63, 3.8) is 0 Å². The summed E-state index contributed by atoms with van der Waals surface area (Å²) in [5.41, 5.74) is -0.570. The summed E-state index contributed by atoms with van der Waals surface area (Å²) in [7, 11) is 2.57. The molecule has 0 aromatic heterocycles. The van der Waals surface area contributed by atoms with E-state index >= 15 is 0 Å². The van der Waals surface area contributed by atoms with Gasteiger partial charge >= 0.3 is 0 Å². The summed E-state index contributed by atoms with van der Waals surface area (Å²) < 4.78 is 36.6. The van der Waals surface area contributed by atoms with Crippen LogP contribution in [0.2, 0.25) is 5.02 Å². The number of amides is 1.